The van der Waals surface area contributed by atoms with E-state index in [0.29, 0.717) is 11.5 Å². The molecule has 234 valence electrons. The van der Waals surface area contributed by atoms with E-state index in [1.165, 1.54) is 31.5 Å². The number of nitrogens with zero attached hydrogens (tertiary/aromatic N) is 5. The van der Waals surface area contributed by atoms with Crippen LogP contribution in [0, 0.1) is 34.1 Å². The lowest BCUT2D eigenvalue weighted by atomic mass is 10.2. The molecule has 0 saturated carbocycles. The third-order valence-corrected chi connectivity index (χ3v) is 6.62. The number of methoxy groups -OCH3 is 1. The average molecular weight is 627 g/mol. The Morgan fingerprint density at radius 3 is 2.37 bits per heavy atom. The fourth-order valence-corrected chi connectivity index (χ4v) is 4.44. The molecule has 0 atom stereocenters. The average Bonchev–Trinajstić information content (AvgIpc) is 3.66. The molecule has 0 aliphatic carbocycles. The maximum atomic E-state index is 12.6. The van der Waals surface area contributed by atoms with Crippen LogP contribution in [0.3, 0.4) is 0 Å². The monoisotopic (exact) mass is 626 g/mol. The van der Waals surface area contributed by atoms with Crippen molar-refractivity contribution in [2.45, 2.75) is 20.5 Å². The van der Waals surface area contributed by atoms with Gasteiger partial charge in [-0.05, 0) is 68.4 Å². The van der Waals surface area contributed by atoms with E-state index in [-0.39, 0.29) is 41.0 Å². The molecule has 0 radical (unpaired) electrons. The summed E-state index contributed by atoms with van der Waals surface area (Å²) in [5.41, 5.74) is 5.00. The number of aryl methyl sites for hydroxylation is 2. The first-order valence-corrected chi connectivity index (χ1v) is 13.6. The minimum absolute atomic E-state index is 0.0208. The van der Waals surface area contributed by atoms with Crippen molar-refractivity contribution < 1.29 is 33.3 Å². The van der Waals surface area contributed by atoms with Gasteiger partial charge in [0.05, 0.1) is 23.2 Å². The zero-order chi connectivity index (χ0) is 32.8. The summed E-state index contributed by atoms with van der Waals surface area (Å²) in [6.07, 6.45) is 2.13. The Bertz CT molecular complexity index is 1910. The largest absolute Gasteiger partial charge is 0.493 e. The number of ether oxygens (including phenoxy) is 3. The highest BCUT2D eigenvalue weighted by Gasteiger charge is 2.24. The van der Waals surface area contributed by atoms with Gasteiger partial charge in [-0.25, -0.2) is 10.4 Å². The van der Waals surface area contributed by atoms with Crippen LogP contribution in [0.4, 0.5) is 11.4 Å². The summed E-state index contributed by atoms with van der Waals surface area (Å²) < 4.78 is 24.3. The highest BCUT2D eigenvalue weighted by molar-refractivity contribution is 5.92. The fourth-order valence-electron chi connectivity index (χ4n) is 4.44. The van der Waals surface area contributed by atoms with Crippen LogP contribution in [0.2, 0.25) is 0 Å². The number of carbonyl (C=O) groups is 1. The summed E-state index contributed by atoms with van der Waals surface area (Å²) in [5, 5.41) is 26.5. The highest BCUT2D eigenvalue weighted by Crippen LogP contribution is 2.40. The molecule has 1 N–H and O–H groups in total. The first kappa shape index (κ1) is 30.9. The summed E-state index contributed by atoms with van der Waals surface area (Å²) in [4.78, 5) is 37.7. The van der Waals surface area contributed by atoms with Gasteiger partial charge in [0.1, 0.15) is 24.3 Å². The number of aromatic nitrogens is 2. The molecule has 0 aliphatic rings. The molecule has 0 fully saturated rings. The maximum absolute atomic E-state index is 12.6. The number of hydrazone groups is 1. The third kappa shape index (κ3) is 6.99. The lowest BCUT2D eigenvalue weighted by Gasteiger charge is -2.11. The molecule has 46 heavy (non-hydrogen) atoms. The van der Waals surface area contributed by atoms with Crippen molar-refractivity contribution >= 4 is 23.5 Å². The van der Waals surface area contributed by atoms with E-state index in [1.807, 2.05) is 38.1 Å². The number of carbonyl (C=O) groups excluding carboxylic acids is 1. The van der Waals surface area contributed by atoms with E-state index >= 15 is 0 Å². The van der Waals surface area contributed by atoms with Crippen molar-refractivity contribution in [2.75, 3.05) is 7.11 Å². The number of nitro groups is 2. The van der Waals surface area contributed by atoms with Crippen molar-refractivity contribution in [1.29, 1.82) is 0 Å². The van der Waals surface area contributed by atoms with Crippen LogP contribution < -0.4 is 19.6 Å². The Labute approximate surface area is 261 Å². The van der Waals surface area contributed by atoms with Gasteiger partial charge in [0, 0.05) is 40.8 Å². The molecule has 3 heterocycles. The molecule has 5 rings (SSSR count). The Balaban J connectivity index is 1.20. The van der Waals surface area contributed by atoms with Crippen LogP contribution in [0.5, 0.6) is 23.1 Å². The molecule has 2 aromatic carbocycles. The number of nitro benzene ring substituents is 1. The second-order valence-corrected chi connectivity index (χ2v) is 9.74. The van der Waals surface area contributed by atoms with Gasteiger partial charge >= 0.3 is 11.6 Å². The number of amides is 1. The molecule has 0 bridgehead atoms. The SMILES string of the molecule is COc1cc(/C=N/NC(=O)c2ccc(COc3ccc(-n4c(C)ccc4C)cc3)o2)cc([N+](=O)[O-])c1Oc1ccc([N+](=O)[O-])cn1. The second kappa shape index (κ2) is 13.4. The van der Waals surface area contributed by atoms with Gasteiger partial charge in [-0.15, -0.1) is 0 Å². The lowest BCUT2D eigenvalue weighted by molar-refractivity contribution is -0.385. The Kier molecular flexibility index (Phi) is 9.02. The van der Waals surface area contributed by atoms with Crippen LogP contribution >= 0.6 is 0 Å². The zero-order valence-electron chi connectivity index (χ0n) is 24.7. The number of benzene rings is 2. The Hall–Kier alpha value is -6.51. The van der Waals surface area contributed by atoms with Crippen molar-refractivity contribution in [1.82, 2.24) is 15.0 Å². The molecule has 0 unspecified atom stereocenters. The highest BCUT2D eigenvalue weighted by atomic mass is 16.6. The molecular weight excluding hydrogens is 600 g/mol. The van der Waals surface area contributed by atoms with Crippen LogP contribution in [0.1, 0.15) is 33.3 Å². The maximum Gasteiger partial charge on any atom is 0.316 e. The van der Waals surface area contributed by atoms with Crippen molar-refractivity contribution in [3.63, 3.8) is 0 Å². The van der Waals surface area contributed by atoms with E-state index < -0.39 is 21.4 Å². The molecule has 0 saturated heterocycles. The van der Waals surface area contributed by atoms with Gasteiger partial charge in [-0.2, -0.15) is 5.10 Å². The summed E-state index contributed by atoms with van der Waals surface area (Å²) >= 11 is 0. The molecular formula is C31H26N6O9. The zero-order valence-corrected chi connectivity index (χ0v) is 24.7. The van der Waals surface area contributed by atoms with E-state index in [0.717, 1.165) is 35.4 Å². The van der Waals surface area contributed by atoms with Gasteiger partial charge in [0.15, 0.2) is 11.5 Å². The van der Waals surface area contributed by atoms with Crippen LogP contribution in [-0.4, -0.2) is 38.6 Å². The molecule has 1 amide bonds. The number of nitrogens with one attached hydrogen (secondary N) is 1. The number of pyridine rings is 1. The topological polar surface area (TPSA) is 186 Å². The van der Waals surface area contributed by atoms with Crippen molar-refractivity contribution in [2.24, 2.45) is 5.10 Å². The first-order chi connectivity index (χ1) is 22.1. The van der Waals surface area contributed by atoms with Gasteiger partial charge in [0.2, 0.25) is 11.6 Å². The van der Waals surface area contributed by atoms with E-state index in [4.69, 9.17) is 18.6 Å². The molecule has 0 spiro atoms. The molecule has 5 aromatic rings. The Morgan fingerprint density at radius 2 is 1.74 bits per heavy atom. The van der Waals surface area contributed by atoms with Gasteiger partial charge in [-0.1, -0.05) is 0 Å². The van der Waals surface area contributed by atoms with Gasteiger partial charge < -0.3 is 23.2 Å². The third-order valence-electron chi connectivity index (χ3n) is 6.62. The van der Waals surface area contributed by atoms with Gasteiger partial charge in [-0.3, -0.25) is 25.0 Å². The minimum atomic E-state index is -0.704. The van der Waals surface area contributed by atoms with Crippen LogP contribution in [-0.2, 0) is 6.61 Å². The van der Waals surface area contributed by atoms with E-state index in [2.05, 4.69) is 32.2 Å². The van der Waals surface area contributed by atoms with Crippen molar-refractivity contribution in [3.05, 3.63) is 128 Å². The summed E-state index contributed by atoms with van der Waals surface area (Å²) in [7, 11) is 1.27. The van der Waals surface area contributed by atoms with Crippen LogP contribution in [0.25, 0.3) is 5.69 Å². The molecule has 15 nitrogen and oxygen atoms in total. The second-order valence-electron chi connectivity index (χ2n) is 9.74. The fraction of sp³-hybridized carbons (Fsp3) is 0.129. The molecule has 3 aromatic heterocycles. The standard InChI is InChI=1S/C31H26N6O9/c1-19-4-5-20(2)35(19)22-6-9-24(10-7-22)44-18-25-11-12-27(45-25)31(38)34-33-16-21-14-26(37(41)42)30(28(15-21)43-3)46-29-13-8-23(17-32-29)36(39)40/h4-17H,18H2,1-3H3,(H,34,38)/b33-16+. The quantitative estimate of drug-likeness (QED) is 0.0971. The number of furan rings is 1. The van der Waals surface area contributed by atoms with Crippen LogP contribution in [0.15, 0.2) is 88.5 Å². The normalized spacial score (nSPS) is 10.9. The van der Waals surface area contributed by atoms with E-state index in [9.17, 15) is 25.0 Å². The summed E-state index contributed by atoms with van der Waals surface area (Å²) in [5.74, 6) is -0.0796. The number of hydrogen-bond acceptors (Lipinski definition) is 11. The number of rotatable bonds is 12. The predicted molar refractivity (Wildman–Crippen MR) is 164 cm³/mol. The minimum Gasteiger partial charge on any atom is -0.493 e. The first-order valence-electron chi connectivity index (χ1n) is 13.6. The summed E-state index contributed by atoms with van der Waals surface area (Å²) in [6.45, 7) is 4.16. The van der Waals surface area contributed by atoms with E-state index in [1.54, 1.807) is 6.07 Å². The number of hydrogen-bond donors (Lipinski definition) is 1. The summed E-state index contributed by atoms with van der Waals surface area (Å²) in [6, 6.07) is 19.7. The molecule has 0 aliphatic heterocycles. The lowest BCUT2D eigenvalue weighted by Crippen LogP contribution is -2.16. The van der Waals surface area contributed by atoms with Crippen molar-refractivity contribution in [3.8, 4) is 28.8 Å². The van der Waals surface area contributed by atoms with Gasteiger partial charge in [0.25, 0.3) is 5.69 Å². The predicted octanol–water partition coefficient (Wildman–Crippen LogP) is 6.04. The smallest absolute Gasteiger partial charge is 0.316 e. The Morgan fingerprint density at radius 1 is 1.00 bits per heavy atom. The molecule has 15 heteroatoms.